The zero-order valence-electron chi connectivity index (χ0n) is 14.9. The summed E-state index contributed by atoms with van der Waals surface area (Å²) in [5.74, 6) is 0.994. The van der Waals surface area contributed by atoms with Crippen LogP contribution in [0, 0.1) is 0 Å². The normalized spacial score (nSPS) is 11.2. The minimum atomic E-state index is -0.443. The molecule has 0 unspecified atom stereocenters. The van der Waals surface area contributed by atoms with Crippen molar-refractivity contribution in [2.45, 2.75) is 20.0 Å². The maximum absolute atomic E-state index is 12.3. The van der Waals surface area contributed by atoms with Crippen molar-refractivity contribution in [1.82, 2.24) is 5.43 Å². The number of carbonyl (C=O) groups excluding carboxylic acids is 1. The number of para-hydroxylation sites is 2. The van der Waals surface area contributed by atoms with E-state index in [2.05, 4.69) is 10.5 Å². The van der Waals surface area contributed by atoms with Gasteiger partial charge < -0.3 is 13.9 Å². The van der Waals surface area contributed by atoms with Gasteiger partial charge in [-0.05, 0) is 38.1 Å². The van der Waals surface area contributed by atoms with Crippen LogP contribution in [0.1, 0.15) is 30.0 Å². The second-order valence-corrected chi connectivity index (χ2v) is 5.89. The number of nitrogens with zero attached hydrogens (tertiary/aromatic N) is 1. The number of hydrazone groups is 1. The van der Waals surface area contributed by atoms with Gasteiger partial charge in [-0.25, -0.2) is 5.43 Å². The van der Waals surface area contributed by atoms with Crippen molar-refractivity contribution < 1.29 is 18.7 Å². The zero-order valence-corrected chi connectivity index (χ0v) is 14.9. The number of benzene rings is 2. The predicted octanol–water partition coefficient (Wildman–Crippen LogP) is 3.99. The van der Waals surface area contributed by atoms with Crippen LogP contribution in [0.3, 0.4) is 0 Å². The maximum atomic E-state index is 12.3. The number of amides is 1. The van der Waals surface area contributed by atoms with E-state index in [1.807, 2.05) is 50.2 Å². The number of methoxy groups -OCH3 is 1. The third-order valence-corrected chi connectivity index (χ3v) is 3.60. The van der Waals surface area contributed by atoms with Gasteiger partial charge >= 0.3 is 5.91 Å². The van der Waals surface area contributed by atoms with E-state index < -0.39 is 5.91 Å². The van der Waals surface area contributed by atoms with Crippen LogP contribution >= 0.6 is 0 Å². The van der Waals surface area contributed by atoms with Crippen LogP contribution < -0.4 is 14.9 Å². The van der Waals surface area contributed by atoms with Gasteiger partial charge in [-0.2, -0.15) is 5.10 Å². The minimum Gasteiger partial charge on any atom is -0.493 e. The minimum absolute atomic E-state index is 0.0460. The van der Waals surface area contributed by atoms with Crippen molar-refractivity contribution in [2.75, 3.05) is 7.11 Å². The molecule has 0 atom stereocenters. The second kappa shape index (κ2) is 7.74. The van der Waals surface area contributed by atoms with E-state index in [0.717, 1.165) is 10.9 Å². The molecule has 26 heavy (non-hydrogen) atoms. The van der Waals surface area contributed by atoms with Crippen molar-refractivity contribution in [1.29, 1.82) is 0 Å². The Morgan fingerprint density at radius 2 is 1.92 bits per heavy atom. The number of carbonyl (C=O) groups is 1. The quantitative estimate of drug-likeness (QED) is 0.538. The van der Waals surface area contributed by atoms with Gasteiger partial charge in [0.05, 0.1) is 19.4 Å². The van der Waals surface area contributed by atoms with Gasteiger partial charge in [-0.15, -0.1) is 0 Å². The molecule has 0 saturated carbocycles. The smallest absolute Gasteiger partial charge is 0.307 e. The fourth-order valence-corrected chi connectivity index (χ4v) is 2.47. The third-order valence-electron chi connectivity index (χ3n) is 3.60. The molecule has 134 valence electrons. The second-order valence-electron chi connectivity index (χ2n) is 5.89. The predicted molar refractivity (Wildman–Crippen MR) is 100 cm³/mol. The Hall–Kier alpha value is -3.28. The molecule has 3 aromatic rings. The fourth-order valence-electron chi connectivity index (χ4n) is 2.47. The highest BCUT2D eigenvalue weighted by Gasteiger charge is 2.14. The Kier molecular flexibility index (Phi) is 5.22. The topological polar surface area (TPSA) is 73.1 Å². The third kappa shape index (κ3) is 3.85. The fraction of sp³-hybridized carbons (Fsp3) is 0.200. The van der Waals surface area contributed by atoms with Crippen LogP contribution in [0.2, 0.25) is 0 Å². The van der Waals surface area contributed by atoms with E-state index in [1.54, 1.807) is 25.5 Å². The highest BCUT2D eigenvalue weighted by molar-refractivity contribution is 5.97. The summed E-state index contributed by atoms with van der Waals surface area (Å²) in [6.45, 7) is 3.90. The summed E-state index contributed by atoms with van der Waals surface area (Å²) in [4.78, 5) is 12.3. The van der Waals surface area contributed by atoms with Gasteiger partial charge in [0.25, 0.3) is 0 Å². The summed E-state index contributed by atoms with van der Waals surface area (Å²) in [6, 6.07) is 14.6. The molecule has 0 aliphatic carbocycles. The van der Waals surface area contributed by atoms with Gasteiger partial charge in [0.15, 0.2) is 17.1 Å². The summed E-state index contributed by atoms with van der Waals surface area (Å²) in [5, 5.41) is 4.79. The Morgan fingerprint density at radius 1 is 1.15 bits per heavy atom. The number of fused-ring (bicyclic) bond motifs is 1. The van der Waals surface area contributed by atoms with Crippen molar-refractivity contribution in [3.05, 3.63) is 59.9 Å². The maximum Gasteiger partial charge on any atom is 0.307 e. The Balaban J connectivity index is 1.74. The SMILES string of the molecule is COc1cccc2cc(C(=O)N/N=C\c3ccccc3OC(C)C)oc12. The van der Waals surface area contributed by atoms with E-state index in [9.17, 15) is 4.79 Å². The van der Waals surface area contributed by atoms with Crippen LogP contribution in [0.4, 0.5) is 0 Å². The molecule has 1 amide bonds. The molecule has 1 aromatic heterocycles. The molecule has 0 radical (unpaired) electrons. The number of ether oxygens (including phenoxy) is 2. The van der Waals surface area contributed by atoms with Gasteiger partial charge in [0.1, 0.15) is 5.75 Å². The Bertz CT molecular complexity index is 944. The van der Waals surface area contributed by atoms with Crippen molar-refractivity contribution in [3.8, 4) is 11.5 Å². The molecule has 0 fully saturated rings. The van der Waals surface area contributed by atoms with Crippen LogP contribution in [0.5, 0.6) is 11.5 Å². The molecule has 1 N–H and O–H groups in total. The molecule has 0 aliphatic rings. The molecule has 0 spiro atoms. The largest absolute Gasteiger partial charge is 0.493 e. The molecule has 1 heterocycles. The van der Waals surface area contributed by atoms with E-state index in [-0.39, 0.29) is 11.9 Å². The van der Waals surface area contributed by atoms with Crippen LogP contribution in [-0.2, 0) is 0 Å². The monoisotopic (exact) mass is 352 g/mol. The first-order valence-corrected chi connectivity index (χ1v) is 8.24. The van der Waals surface area contributed by atoms with Crippen molar-refractivity contribution in [3.63, 3.8) is 0 Å². The number of rotatable bonds is 6. The van der Waals surface area contributed by atoms with Crippen LogP contribution in [0.15, 0.2) is 58.0 Å². The first kappa shape index (κ1) is 17.5. The number of nitrogens with one attached hydrogen (secondary N) is 1. The zero-order chi connectivity index (χ0) is 18.5. The molecule has 0 bridgehead atoms. The summed E-state index contributed by atoms with van der Waals surface area (Å²) >= 11 is 0. The van der Waals surface area contributed by atoms with Gasteiger partial charge in [0, 0.05) is 10.9 Å². The summed E-state index contributed by atoms with van der Waals surface area (Å²) < 4.78 is 16.5. The molecule has 2 aromatic carbocycles. The standard InChI is InChI=1S/C20H20N2O4/c1-13(2)25-16-9-5-4-7-15(16)12-21-22-20(23)18-11-14-8-6-10-17(24-3)19(14)26-18/h4-13H,1-3H3,(H,22,23)/b21-12-. The van der Waals surface area contributed by atoms with E-state index in [4.69, 9.17) is 13.9 Å². The average Bonchev–Trinajstić information content (AvgIpc) is 3.07. The Labute approximate surface area is 151 Å². The lowest BCUT2D eigenvalue weighted by Crippen LogP contribution is -2.17. The lowest BCUT2D eigenvalue weighted by Gasteiger charge is -2.11. The first-order chi connectivity index (χ1) is 12.6. The highest BCUT2D eigenvalue weighted by atomic mass is 16.5. The molecular weight excluding hydrogens is 332 g/mol. The molecular formula is C20H20N2O4. The van der Waals surface area contributed by atoms with Gasteiger partial charge in [-0.1, -0.05) is 24.3 Å². The average molecular weight is 352 g/mol. The molecule has 0 saturated heterocycles. The lowest BCUT2D eigenvalue weighted by molar-refractivity contribution is 0.0929. The summed E-state index contributed by atoms with van der Waals surface area (Å²) in [5.41, 5.74) is 3.77. The molecule has 6 nitrogen and oxygen atoms in total. The Morgan fingerprint density at radius 3 is 2.69 bits per heavy atom. The molecule has 3 rings (SSSR count). The van der Waals surface area contributed by atoms with E-state index in [1.165, 1.54) is 0 Å². The van der Waals surface area contributed by atoms with Crippen molar-refractivity contribution in [2.24, 2.45) is 5.10 Å². The van der Waals surface area contributed by atoms with Crippen LogP contribution in [-0.4, -0.2) is 25.3 Å². The van der Waals surface area contributed by atoms with Gasteiger partial charge in [0.2, 0.25) is 0 Å². The first-order valence-electron chi connectivity index (χ1n) is 8.24. The molecule has 0 aliphatic heterocycles. The number of furan rings is 1. The highest BCUT2D eigenvalue weighted by Crippen LogP contribution is 2.28. The van der Waals surface area contributed by atoms with Gasteiger partial charge in [-0.3, -0.25) is 4.79 Å². The summed E-state index contributed by atoms with van der Waals surface area (Å²) in [6.07, 6.45) is 1.59. The van der Waals surface area contributed by atoms with Crippen LogP contribution in [0.25, 0.3) is 11.0 Å². The lowest BCUT2D eigenvalue weighted by atomic mass is 10.2. The van der Waals surface area contributed by atoms with Crippen molar-refractivity contribution >= 4 is 23.1 Å². The molecule has 6 heteroatoms. The number of hydrogen-bond donors (Lipinski definition) is 1. The number of hydrogen-bond acceptors (Lipinski definition) is 5. The van der Waals surface area contributed by atoms with E-state index >= 15 is 0 Å². The summed E-state index contributed by atoms with van der Waals surface area (Å²) in [7, 11) is 1.55. The van der Waals surface area contributed by atoms with E-state index in [0.29, 0.717) is 17.1 Å².